The van der Waals surface area contributed by atoms with Crippen molar-refractivity contribution >= 4 is 17.8 Å². The number of nitrogens with two attached hydrogens (primary N) is 2. The highest BCUT2D eigenvalue weighted by atomic mass is 16.5. The number of ether oxygens (including phenoxy) is 3. The first kappa shape index (κ1) is 15.0. The fourth-order valence-corrected chi connectivity index (χ4v) is 2.57. The van der Waals surface area contributed by atoms with Gasteiger partial charge < -0.3 is 25.7 Å². The largest absolute Gasteiger partial charge is 0.493 e. The van der Waals surface area contributed by atoms with E-state index in [4.69, 9.17) is 25.7 Å². The molecule has 7 nitrogen and oxygen atoms in total. The Morgan fingerprint density at radius 1 is 1.22 bits per heavy atom. The van der Waals surface area contributed by atoms with Crippen molar-refractivity contribution in [2.24, 2.45) is 0 Å². The number of hydrogen-bond donors (Lipinski definition) is 2. The zero-order chi connectivity index (χ0) is 16.4. The molecule has 1 aromatic heterocycles. The predicted molar refractivity (Wildman–Crippen MR) is 87.7 cm³/mol. The third kappa shape index (κ3) is 2.73. The lowest BCUT2D eigenvalue weighted by atomic mass is 9.97. The first-order valence-electron chi connectivity index (χ1n) is 7.08. The highest BCUT2D eigenvalue weighted by molar-refractivity contribution is 5.72. The summed E-state index contributed by atoms with van der Waals surface area (Å²) in [6.45, 7) is 0.489. The van der Waals surface area contributed by atoms with Crippen LogP contribution in [0.4, 0.5) is 11.8 Å². The number of nitrogens with zero attached hydrogens (tertiary/aromatic N) is 2. The topological polar surface area (TPSA) is 106 Å². The molecule has 0 saturated heterocycles. The highest BCUT2D eigenvalue weighted by Crippen LogP contribution is 2.44. The third-order valence-corrected chi connectivity index (χ3v) is 3.66. The van der Waals surface area contributed by atoms with Crippen molar-refractivity contribution in [1.29, 1.82) is 0 Å². The van der Waals surface area contributed by atoms with E-state index < -0.39 is 0 Å². The van der Waals surface area contributed by atoms with Crippen molar-refractivity contribution in [1.82, 2.24) is 9.97 Å². The normalized spacial score (nSPS) is 12.4. The van der Waals surface area contributed by atoms with Crippen molar-refractivity contribution < 1.29 is 14.2 Å². The molecule has 0 spiro atoms. The Labute approximate surface area is 133 Å². The molecule has 0 amide bonds. The van der Waals surface area contributed by atoms with Gasteiger partial charge in [-0.2, -0.15) is 4.98 Å². The summed E-state index contributed by atoms with van der Waals surface area (Å²) in [5.74, 6) is 2.37. The van der Waals surface area contributed by atoms with Crippen LogP contribution < -0.4 is 25.7 Å². The summed E-state index contributed by atoms with van der Waals surface area (Å²) in [6, 6.07) is 1.91. The van der Waals surface area contributed by atoms with Crippen LogP contribution in [0.25, 0.3) is 6.08 Å². The number of aromatic nitrogens is 2. The summed E-state index contributed by atoms with van der Waals surface area (Å²) >= 11 is 0. The molecule has 0 unspecified atom stereocenters. The summed E-state index contributed by atoms with van der Waals surface area (Å²) in [4.78, 5) is 8.00. The molecule has 4 N–H and O–H groups in total. The maximum Gasteiger partial charge on any atom is 0.221 e. The second-order valence-corrected chi connectivity index (χ2v) is 5.04. The second kappa shape index (κ2) is 6.04. The minimum absolute atomic E-state index is 0.156. The van der Waals surface area contributed by atoms with Gasteiger partial charge in [-0.05, 0) is 17.7 Å². The van der Waals surface area contributed by atoms with Crippen molar-refractivity contribution in [3.8, 4) is 17.2 Å². The Bertz CT molecular complexity index is 774. The lowest BCUT2D eigenvalue weighted by Gasteiger charge is -2.21. The Hall–Kier alpha value is -2.96. The minimum Gasteiger partial charge on any atom is -0.493 e. The quantitative estimate of drug-likeness (QED) is 0.884. The van der Waals surface area contributed by atoms with Gasteiger partial charge in [0, 0.05) is 23.7 Å². The van der Waals surface area contributed by atoms with Crippen LogP contribution in [0.1, 0.15) is 16.7 Å². The zero-order valence-electron chi connectivity index (χ0n) is 13.0. The molecule has 7 heteroatoms. The monoisotopic (exact) mass is 314 g/mol. The van der Waals surface area contributed by atoms with E-state index in [2.05, 4.69) is 9.97 Å². The van der Waals surface area contributed by atoms with Gasteiger partial charge in [-0.15, -0.1) is 0 Å². The fourth-order valence-electron chi connectivity index (χ4n) is 2.57. The van der Waals surface area contributed by atoms with Crippen LogP contribution in [0.2, 0.25) is 0 Å². The van der Waals surface area contributed by atoms with Gasteiger partial charge in [0.25, 0.3) is 0 Å². The number of nitrogen functional groups attached to an aromatic ring is 2. The number of rotatable bonds is 4. The van der Waals surface area contributed by atoms with E-state index >= 15 is 0 Å². The van der Waals surface area contributed by atoms with Gasteiger partial charge in [-0.3, -0.25) is 0 Å². The Balaban J connectivity index is 2.10. The Morgan fingerprint density at radius 3 is 2.74 bits per heavy atom. The highest BCUT2D eigenvalue weighted by Gasteiger charge is 2.22. The van der Waals surface area contributed by atoms with Crippen LogP contribution in [0.5, 0.6) is 17.2 Å². The van der Waals surface area contributed by atoms with Gasteiger partial charge in [0.1, 0.15) is 12.4 Å². The molecule has 1 aliphatic rings. The standard InChI is InChI=1S/C16H18N4O3/c1-21-12-7-9(6-10-8-19-16(18)20-15(10)17)11-4-3-5-23-13(11)14(12)22-2/h3-4,7-8H,5-6H2,1-2H3,(H4,17,18,19,20). The Kier molecular flexibility index (Phi) is 3.92. The van der Waals surface area contributed by atoms with Crippen LogP contribution in [0.15, 0.2) is 18.3 Å². The molecule has 120 valence electrons. The summed E-state index contributed by atoms with van der Waals surface area (Å²) in [6.07, 6.45) is 6.11. The first-order chi connectivity index (χ1) is 11.1. The number of anilines is 2. The molecule has 0 fully saturated rings. The lowest BCUT2D eigenvalue weighted by molar-refractivity contribution is 0.304. The maximum atomic E-state index is 5.94. The molecule has 2 aromatic rings. The van der Waals surface area contributed by atoms with Crippen molar-refractivity contribution in [3.63, 3.8) is 0 Å². The van der Waals surface area contributed by atoms with Crippen LogP contribution in [-0.4, -0.2) is 30.8 Å². The second-order valence-electron chi connectivity index (χ2n) is 5.04. The molecule has 0 aliphatic carbocycles. The summed E-state index contributed by atoms with van der Waals surface area (Å²) in [7, 11) is 3.18. The number of benzene rings is 1. The van der Waals surface area contributed by atoms with E-state index in [9.17, 15) is 0 Å². The van der Waals surface area contributed by atoms with Gasteiger partial charge in [0.2, 0.25) is 11.7 Å². The average Bonchev–Trinajstić information content (AvgIpc) is 2.56. The van der Waals surface area contributed by atoms with Crippen molar-refractivity contribution in [3.05, 3.63) is 35.0 Å². The van der Waals surface area contributed by atoms with E-state index in [1.54, 1.807) is 20.4 Å². The van der Waals surface area contributed by atoms with Crippen molar-refractivity contribution in [2.45, 2.75) is 6.42 Å². The Morgan fingerprint density at radius 2 is 2.04 bits per heavy atom. The van der Waals surface area contributed by atoms with Crippen LogP contribution in [0.3, 0.4) is 0 Å². The van der Waals surface area contributed by atoms with E-state index in [-0.39, 0.29) is 5.95 Å². The SMILES string of the molecule is COc1cc(Cc2cnc(N)nc2N)c2c(c1OC)OCC=C2. The molecular weight excluding hydrogens is 296 g/mol. The zero-order valence-corrected chi connectivity index (χ0v) is 13.0. The lowest BCUT2D eigenvalue weighted by Crippen LogP contribution is -2.08. The van der Waals surface area contributed by atoms with Gasteiger partial charge in [-0.1, -0.05) is 6.08 Å². The van der Waals surface area contributed by atoms with Crippen LogP contribution >= 0.6 is 0 Å². The average molecular weight is 314 g/mol. The molecular formula is C16H18N4O3. The predicted octanol–water partition coefficient (Wildman–Crippen LogP) is 1.65. The molecule has 0 saturated carbocycles. The number of methoxy groups -OCH3 is 2. The van der Waals surface area contributed by atoms with Gasteiger partial charge >= 0.3 is 0 Å². The first-order valence-corrected chi connectivity index (χ1v) is 7.08. The molecule has 0 radical (unpaired) electrons. The molecule has 1 aliphatic heterocycles. The number of fused-ring (bicyclic) bond motifs is 1. The van der Waals surface area contributed by atoms with E-state index in [1.165, 1.54) is 0 Å². The molecule has 1 aromatic carbocycles. The fraction of sp³-hybridized carbons (Fsp3) is 0.250. The molecule has 23 heavy (non-hydrogen) atoms. The minimum atomic E-state index is 0.156. The van der Waals surface area contributed by atoms with Gasteiger partial charge in [0.05, 0.1) is 14.2 Å². The third-order valence-electron chi connectivity index (χ3n) is 3.66. The van der Waals surface area contributed by atoms with E-state index in [1.807, 2.05) is 18.2 Å². The summed E-state index contributed by atoms with van der Waals surface area (Å²) in [5, 5.41) is 0. The van der Waals surface area contributed by atoms with Crippen molar-refractivity contribution in [2.75, 3.05) is 32.3 Å². The van der Waals surface area contributed by atoms with E-state index in [0.29, 0.717) is 36.1 Å². The van der Waals surface area contributed by atoms with Gasteiger partial charge in [0.15, 0.2) is 11.5 Å². The smallest absolute Gasteiger partial charge is 0.221 e. The molecule has 0 bridgehead atoms. The maximum absolute atomic E-state index is 5.94. The van der Waals surface area contributed by atoms with Crippen LogP contribution in [0, 0.1) is 0 Å². The summed E-state index contributed by atoms with van der Waals surface area (Å²) < 4.78 is 16.6. The van der Waals surface area contributed by atoms with Crippen LogP contribution in [-0.2, 0) is 6.42 Å². The molecule has 2 heterocycles. The molecule has 3 rings (SSSR count). The van der Waals surface area contributed by atoms with E-state index in [0.717, 1.165) is 16.7 Å². The number of hydrogen-bond acceptors (Lipinski definition) is 7. The van der Waals surface area contributed by atoms with Gasteiger partial charge in [-0.25, -0.2) is 4.98 Å². The molecule has 0 atom stereocenters. The summed E-state index contributed by atoms with van der Waals surface area (Å²) in [5.41, 5.74) is 14.2.